The van der Waals surface area contributed by atoms with Gasteiger partial charge in [0, 0.05) is 32.1 Å². The van der Waals surface area contributed by atoms with Crippen molar-refractivity contribution in [3.05, 3.63) is 76.4 Å². The summed E-state index contributed by atoms with van der Waals surface area (Å²) in [5.74, 6) is 0.0305. The molecule has 9 nitrogen and oxygen atoms in total. The summed E-state index contributed by atoms with van der Waals surface area (Å²) in [5, 5.41) is 3.66. The largest absolute Gasteiger partial charge is 0.443 e. The first-order chi connectivity index (χ1) is 19.3. The Morgan fingerprint density at radius 3 is 2.49 bits per heavy atom. The Bertz CT molecular complexity index is 1490. The van der Waals surface area contributed by atoms with Gasteiger partial charge in [0.1, 0.15) is 11.3 Å². The van der Waals surface area contributed by atoms with Crippen LogP contribution in [-0.4, -0.2) is 51.6 Å². The zero-order chi connectivity index (χ0) is 30.3. The van der Waals surface area contributed by atoms with Crippen LogP contribution in [0.5, 0.6) is 0 Å². The third kappa shape index (κ3) is 8.67. The molecule has 0 saturated heterocycles. The summed E-state index contributed by atoms with van der Waals surface area (Å²) < 4.78 is 8.74. The summed E-state index contributed by atoms with van der Waals surface area (Å²) in [6.07, 6.45) is 6.51. The number of nitrogens with one attached hydrogen (secondary N) is 1. The highest BCUT2D eigenvalue weighted by atomic mass is 16.6. The van der Waals surface area contributed by atoms with Crippen LogP contribution in [0.4, 0.5) is 10.5 Å². The lowest BCUT2D eigenvalue weighted by atomic mass is 10.00. The summed E-state index contributed by atoms with van der Waals surface area (Å²) in [4.78, 5) is 52.3. The normalized spacial score (nSPS) is 11.8. The van der Waals surface area contributed by atoms with E-state index < -0.39 is 11.7 Å². The molecule has 0 aliphatic rings. The zero-order valence-electron chi connectivity index (χ0n) is 25.2. The molecule has 9 heteroatoms. The average Bonchev–Trinajstić information content (AvgIpc) is 3.24. The second-order valence-corrected chi connectivity index (χ2v) is 11.8. The SMILES string of the molecule is CC(C)Cc1cccc2c1cc(Cn1cccc(NC(=O)CCC/C=C/C(=O)N(C)C)c1=O)n2C(=O)OC(C)(C)C. The van der Waals surface area contributed by atoms with Gasteiger partial charge in [0.05, 0.1) is 17.8 Å². The number of pyridine rings is 1. The number of fused-ring (bicyclic) bond motifs is 1. The number of aromatic nitrogens is 2. The van der Waals surface area contributed by atoms with Gasteiger partial charge in [0.15, 0.2) is 0 Å². The summed E-state index contributed by atoms with van der Waals surface area (Å²) in [6.45, 7) is 9.85. The summed E-state index contributed by atoms with van der Waals surface area (Å²) in [5.41, 5.74) is 1.55. The molecule has 0 spiro atoms. The molecular formula is C32H42N4O5. The van der Waals surface area contributed by atoms with Gasteiger partial charge in [-0.1, -0.05) is 32.1 Å². The standard InChI is InChI=1S/C32H42N4O5/c1-22(2)19-23-13-11-15-27-25(23)20-24(36(27)31(40)41-32(3,4)5)21-35-18-12-14-26(30(35)39)33-28(37)16-9-8-10-17-29(38)34(6)7/h10-15,17-18,20,22H,8-9,16,19,21H2,1-7H3,(H,33,37)/b17-10+. The van der Waals surface area contributed by atoms with E-state index in [2.05, 4.69) is 25.2 Å². The number of anilines is 1. The van der Waals surface area contributed by atoms with Gasteiger partial charge in [-0.15, -0.1) is 0 Å². The summed E-state index contributed by atoms with van der Waals surface area (Å²) in [7, 11) is 3.35. The van der Waals surface area contributed by atoms with Crippen molar-refractivity contribution in [2.45, 2.75) is 72.4 Å². The Labute approximate surface area is 241 Å². The van der Waals surface area contributed by atoms with Crippen LogP contribution in [0, 0.1) is 5.92 Å². The number of nitrogens with zero attached hydrogens (tertiary/aromatic N) is 3. The Kier molecular flexibility index (Phi) is 10.3. The molecule has 2 amide bonds. The van der Waals surface area contributed by atoms with Gasteiger partial charge >= 0.3 is 6.09 Å². The van der Waals surface area contributed by atoms with Crippen LogP contribution < -0.4 is 10.9 Å². The van der Waals surface area contributed by atoms with Crippen molar-refractivity contribution in [1.82, 2.24) is 14.0 Å². The second kappa shape index (κ2) is 13.5. The molecule has 0 radical (unpaired) electrons. The summed E-state index contributed by atoms with van der Waals surface area (Å²) in [6, 6.07) is 11.1. The van der Waals surface area contributed by atoms with Crippen LogP contribution >= 0.6 is 0 Å². The highest BCUT2D eigenvalue weighted by Crippen LogP contribution is 2.27. The highest BCUT2D eigenvalue weighted by molar-refractivity contribution is 5.93. The van der Waals surface area contributed by atoms with Crippen molar-refractivity contribution in [2.24, 2.45) is 5.92 Å². The number of allylic oxidation sites excluding steroid dienone is 1. The molecule has 0 aliphatic carbocycles. The molecular weight excluding hydrogens is 520 g/mol. The average molecular weight is 563 g/mol. The molecule has 220 valence electrons. The molecule has 0 saturated carbocycles. The summed E-state index contributed by atoms with van der Waals surface area (Å²) >= 11 is 0. The molecule has 2 aromatic heterocycles. The van der Waals surface area contributed by atoms with Crippen LogP contribution in [-0.2, 0) is 27.3 Å². The maximum atomic E-state index is 13.4. The molecule has 0 fully saturated rings. The van der Waals surface area contributed by atoms with Gasteiger partial charge in [-0.3, -0.25) is 14.4 Å². The van der Waals surface area contributed by atoms with Crippen molar-refractivity contribution in [1.29, 1.82) is 0 Å². The Morgan fingerprint density at radius 2 is 1.83 bits per heavy atom. The van der Waals surface area contributed by atoms with E-state index in [1.807, 2.05) is 39.0 Å². The third-order valence-corrected chi connectivity index (χ3v) is 6.32. The van der Waals surface area contributed by atoms with Crippen molar-refractivity contribution in [2.75, 3.05) is 19.4 Å². The number of rotatable bonds is 10. The smallest absolute Gasteiger partial charge is 0.419 e. The monoisotopic (exact) mass is 562 g/mol. The van der Waals surface area contributed by atoms with Crippen LogP contribution in [0.1, 0.15) is 65.1 Å². The van der Waals surface area contributed by atoms with Crippen LogP contribution in [0.2, 0.25) is 0 Å². The predicted octanol–water partition coefficient (Wildman–Crippen LogP) is 5.59. The number of carbonyl (C=O) groups excluding carboxylic acids is 3. The van der Waals surface area contributed by atoms with E-state index in [0.717, 1.165) is 22.9 Å². The van der Waals surface area contributed by atoms with Crippen LogP contribution in [0.25, 0.3) is 10.9 Å². The maximum absolute atomic E-state index is 13.4. The molecule has 3 rings (SSSR count). The van der Waals surface area contributed by atoms with Gasteiger partial charge in [-0.05, 0) is 81.9 Å². The van der Waals surface area contributed by atoms with Gasteiger partial charge < -0.3 is 19.5 Å². The highest BCUT2D eigenvalue weighted by Gasteiger charge is 2.23. The minimum atomic E-state index is -0.695. The Morgan fingerprint density at radius 1 is 1.10 bits per heavy atom. The number of hydrogen-bond donors (Lipinski definition) is 1. The molecule has 0 bridgehead atoms. The molecule has 0 aliphatic heterocycles. The second-order valence-electron chi connectivity index (χ2n) is 11.8. The Hall–Kier alpha value is -4.14. The number of likely N-dealkylation sites (N-methyl/N-ethyl adjacent to an activating group) is 1. The number of benzene rings is 1. The first-order valence-electron chi connectivity index (χ1n) is 14.0. The number of amides is 2. The lowest BCUT2D eigenvalue weighted by molar-refractivity contribution is -0.123. The van der Waals surface area contributed by atoms with E-state index >= 15 is 0 Å². The van der Waals surface area contributed by atoms with Crippen molar-refractivity contribution >= 4 is 34.5 Å². The van der Waals surface area contributed by atoms with E-state index in [4.69, 9.17) is 4.74 Å². The quantitative estimate of drug-likeness (QED) is 0.257. The lowest BCUT2D eigenvalue weighted by Crippen LogP contribution is -2.30. The maximum Gasteiger partial charge on any atom is 0.419 e. The van der Waals surface area contributed by atoms with E-state index in [-0.39, 0.29) is 36.0 Å². The fraction of sp³-hybridized carbons (Fsp3) is 0.438. The Balaban J connectivity index is 1.85. The lowest BCUT2D eigenvalue weighted by Gasteiger charge is -2.21. The van der Waals surface area contributed by atoms with Gasteiger partial charge in [-0.25, -0.2) is 9.36 Å². The van der Waals surface area contributed by atoms with Gasteiger partial charge in [0.2, 0.25) is 11.8 Å². The van der Waals surface area contributed by atoms with Crippen LogP contribution in [0.3, 0.4) is 0 Å². The van der Waals surface area contributed by atoms with E-state index in [9.17, 15) is 19.2 Å². The minimum absolute atomic E-state index is 0.110. The van der Waals surface area contributed by atoms with E-state index in [1.54, 1.807) is 38.5 Å². The molecule has 3 aromatic rings. The third-order valence-electron chi connectivity index (χ3n) is 6.32. The van der Waals surface area contributed by atoms with Crippen molar-refractivity contribution in [3.63, 3.8) is 0 Å². The predicted molar refractivity (Wildman–Crippen MR) is 162 cm³/mol. The fourth-order valence-electron chi connectivity index (χ4n) is 4.46. The molecule has 0 atom stereocenters. The van der Waals surface area contributed by atoms with Gasteiger partial charge in [-0.2, -0.15) is 0 Å². The minimum Gasteiger partial charge on any atom is -0.443 e. The first-order valence-corrected chi connectivity index (χ1v) is 14.0. The molecule has 41 heavy (non-hydrogen) atoms. The number of ether oxygens (including phenoxy) is 1. The zero-order valence-corrected chi connectivity index (χ0v) is 25.2. The topological polar surface area (TPSA) is 103 Å². The molecule has 2 heterocycles. The fourth-order valence-corrected chi connectivity index (χ4v) is 4.46. The van der Waals surface area contributed by atoms with Gasteiger partial charge in [0.25, 0.3) is 5.56 Å². The van der Waals surface area contributed by atoms with Crippen molar-refractivity contribution in [3.8, 4) is 0 Å². The van der Waals surface area contributed by atoms with Crippen molar-refractivity contribution < 1.29 is 19.1 Å². The number of carbonyl (C=O) groups is 3. The molecule has 0 unspecified atom stereocenters. The molecule has 1 aromatic carbocycles. The first kappa shape index (κ1) is 31.4. The van der Waals surface area contributed by atoms with E-state index in [1.165, 1.54) is 20.1 Å². The molecule has 1 N–H and O–H groups in total. The van der Waals surface area contributed by atoms with E-state index in [0.29, 0.717) is 24.5 Å². The number of hydrogen-bond acceptors (Lipinski definition) is 5. The number of unbranched alkanes of at least 4 members (excludes halogenated alkanes) is 1. The van der Waals surface area contributed by atoms with Crippen LogP contribution in [0.15, 0.2) is 59.5 Å².